The molecule has 1 aliphatic carbocycles. The van der Waals surface area contributed by atoms with E-state index in [0.717, 1.165) is 24.0 Å². The van der Waals surface area contributed by atoms with Gasteiger partial charge in [-0.3, -0.25) is 4.79 Å². The van der Waals surface area contributed by atoms with Crippen molar-refractivity contribution >= 4 is 5.97 Å². The highest BCUT2D eigenvalue weighted by Gasteiger charge is 2.44. The van der Waals surface area contributed by atoms with Gasteiger partial charge in [0.1, 0.15) is 6.10 Å². The van der Waals surface area contributed by atoms with E-state index >= 15 is 0 Å². The van der Waals surface area contributed by atoms with Crippen molar-refractivity contribution in [1.29, 1.82) is 0 Å². The second-order valence-electron chi connectivity index (χ2n) is 5.61. The van der Waals surface area contributed by atoms with Gasteiger partial charge in [-0.2, -0.15) is 0 Å². The van der Waals surface area contributed by atoms with E-state index < -0.39 is 6.10 Å². The van der Waals surface area contributed by atoms with E-state index in [9.17, 15) is 15.0 Å². The molecule has 0 spiro atoms. The number of carbonyl (C=O) groups is 1. The lowest BCUT2D eigenvalue weighted by Gasteiger charge is -2.25. The van der Waals surface area contributed by atoms with Crippen LogP contribution >= 0.6 is 0 Å². The number of allylic oxidation sites excluding steroid dienone is 2. The van der Waals surface area contributed by atoms with Crippen molar-refractivity contribution in [2.75, 3.05) is 6.61 Å². The fourth-order valence-electron chi connectivity index (χ4n) is 2.94. The van der Waals surface area contributed by atoms with Crippen molar-refractivity contribution in [3.63, 3.8) is 0 Å². The average Bonchev–Trinajstić information content (AvgIpc) is 2.63. The summed E-state index contributed by atoms with van der Waals surface area (Å²) in [4.78, 5) is 11.7. The molecule has 19 heavy (non-hydrogen) atoms. The Hall–Kier alpha value is -1.13. The molecular formula is C15H22O4. The van der Waals surface area contributed by atoms with E-state index in [2.05, 4.69) is 0 Å². The van der Waals surface area contributed by atoms with Gasteiger partial charge in [0.15, 0.2) is 0 Å². The van der Waals surface area contributed by atoms with Crippen LogP contribution in [0.3, 0.4) is 0 Å². The maximum absolute atomic E-state index is 11.7. The number of fused-ring (bicyclic) bond motifs is 1. The maximum atomic E-state index is 11.7. The van der Waals surface area contributed by atoms with E-state index in [1.165, 1.54) is 0 Å². The Labute approximate surface area is 113 Å². The molecule has 1 saturated heterocycles. The van der Waals surface area contributed by atoms with Gasteiger partial charge in [-0.05, 0) is 37.8 Å². The third-order valence-electron chi connectivity index (χ3n) is 4.12. The lowest BCUT2D eigenvalue weighted by molar-refractivity contribution is -0.142. The Kier molecular flexibility index (Phi) is 4.42. The summed E-state index contributed by atoms with van der Waals surface area (Å²) in [7, 11) is 0. The Morgan fingerprint density at radius 2 is 2.21 bits per heavy atom. The predicted molar refractivity (Wildman–Crippen MR) is 71.3 cm³/mol. The van der Waals surface area contributed by atoms with Crippen LogP contribution in [0.2, 0.25) is 0 Å². The fraction of sp³-hybridized carbons (Fsp3) is 0.667. The molecule has 2 N–H and O–H groups in total. The molecule has 0 aromatic heterocycles. The van der Waals surface area contributed by atoms with Crippen molar-refractivity contribution in [3.05, 3.63) is 23.3 Å². The van der Waals surface area contributed by atoms with Crippen LogP contribution in [0.5, 0.6) is 0 Å². The van der Waals surface area contributed by atoms with Crippen molar-refractivity contribution in [1.82, 2.24) is 0 Å². The average molecular weight is 266 g/mol. The minimum absolute atomic E-state index is 0.0413. The molecule has 4 heteroatoms. The summed E-state index contributed by atoms with van der Waals surface area (Å²) in [6.45, 7) is 3.77. The van der Waals surface area contributed by atoms with Gasteiger partial charge in [-0.1, -0.05) is 18.6 Å². The minimum Gasteiger partial charge on any atom is -0.457 e. The third kappa shape index (κ3) is 3.07. The number of aliphatic hydroxyl groups excluding tert-OH is 2. The molecule has 2 aliphatic rings. The molecule has 1 fully saturated rings. The molecule has 106 valence electrons. The largest absolute Gasteiger partial charge is 0.457 e. The predicted octanol–water partition coefficient (Wildman–Crippen LogP) is 1.57. The molecule has 1 aliphatic heterocycles. The van der Waals surface area contributed by atoms with Crippen LogP contribution in [0.1, 0.15) is 33.1 Å². The Morgan fingerprint density at radius 3 is 2.89 bits per heavy atom. The van der Waals surface area contributed by atoms with Gasteiger partial charge in [0.2, 0.25) is 0 Å². The first-order chi connectivity index (χ1) is 9.02. The van der Waals surface area contributed by atoms with Crippen LogP contribution in [0.4, 0.5) is 0 Å². The van der Waals surface area contributed by atoms with E-state index in [1.807, 2.05) is 19.1 Å². The van der Waals surface area contributed by atoms with Gasteiger partial charge in [0.05, 0.1) is 18.6 Å². The van der Waals surface area contributed by atoms with Crippen LogP contribution in [0, 0.1) is 11.8 Å². The molecule has 0 amide bonds. The van der Waals surface area contributed by atoms with Crippen LogP contribution in [-0.2, 0) is 9.53 Å². The molecule has 0 aromatic carbocycles. The SMILES string of the molecule is C/C1=C\[C@H]2OC(=O)[C@@H](C)[C@@H]2[C@H](O)C/C(CO)=C/CC1. The molecule has 0 saturated carbocycles. The van der Waals surface area contributed by atoms with Gasteiger partial charge in [0, 0.05) is 5.92 Å². The van der Waals surface area contributed by atoms with Gasteiger partial charge in [-0.25, -0.2) is 0 Å². The zero-order valence-electron chi connectivity index (χ0n) is 11.5. The fourth-order valence-corrected chi connectivity index (χ4v) is 2.94. The number of esters is 1. The lowest BCUT2D eigenvalue weighted by atomic mass is 9.82. The molecule has 4 nitrogen and oxygen atoms in total. The van der Waals surface area contributed by atoms with E-state index in [-0.39, 0.29) is 30.5 Å². The summed E-state index contributed by atoms with van der Waals surface area (Å²) in [5.74, 6) is -0.772. The number of hydrogen-bond acceptors (Lipinski definition) is 4. The van der Waals surface area contributed by atoms with Crippen molar-refractivity contribution in [2.24, 2.45) is 11.8 Å². The summed E-state index contributed by atoms with van der Waals surface area (Å²) in [6.07, 6.45) is 5.09. The van der Waals surface area contributed by atoms with Crippen LogP contribution < -0.4 is 0 Å². The highest BCUT2D eigenvalue weighted by molar-refractivity contribution is 5.75. The lowest BCUT2D eigenvalue weighted by Crippen LogP contribution is -2.32. The summed E-state index contributed by atoms with van der Waals surface area (Å²) in [5, 5.41) is 19.7. The molecule has 4 atom stereocenters. The highest BCUT2D eigenvalue weighted by Crippen LogP contribution is 2.35. The Morgan fingerprint density at radius 1 is 1.47 bits per heavy atom. The molecule has 0 unspecified atom stereocenters. The van der Waals surface area contributed by atoms with Crippen LogP contribution in [0.25, 0.3) is 0 Å². The number of carbonyl (C=O) groups excluding carboxylic acids is 1. The monoisotopic (exact) mass is 266 g/mol. The molecule has 0 aromatic rings. The van der Waals surface area contributed by atoms with Gasteiger partial charge in [-0.15, -0.1) is 0 Å². The van der Waals surface area contributed by atoms with Crippen molar-refractivity contribution < 1.29 is 19.7 Å². The van der Waals surface area contributed by atoms with Gasteiger partial charge >= 0.3 is 5.97 Å². The summed E-state index contributed by atoms with van der Waals surface area (Å²) < 4.78 is 5.36. The second kappa shape index (κ2) is 5.88. The second-order valence-corrected chi connectivity index (χ2v) is 5.61. The number of rotatable bonds is 1. The molecule has 2 rings (SSSR count). The maximum Gasteiger partial charge on any atom is 0.309 e. The summed E-state index contributed by atoms with van der Waals surface area (Å²) in [5.41, 5.74) is 1.99. The molecule has 0 bridgehead atoms. The van der Waals surface area contributed by atoms with E-state index in [0.29, 0.717) is 6.42 Å². The van der Waals surface area contributed by atoms with Gasteiger partial charge < -0.3 is 14.9 Å². The zero-order valence-corrected chi connectivity index (χ0v) is 11.5. The van der Waals surface area contributed by atoms with E-state index in [1.54, 1.807) is 6.92 Å². The molecule has 0 radical (unpaired) electrons. The van der Waals surface area contributed by atoms with E-state index in [4.69, 9.17) is 4.74 Å². The first kappa shape index (κ1) is 14.3. The van der Waals surface area contributed by atoms with Crippen molar-refractivity contribution in [2.45, 2.75) is 45.3 Å². The van der Waals surface area contributed by atoms with Crippen LogP contribution in [0.15, 0.2) is 23.3 Å². The Bertz CT molecular complexity index is 410. The number of aliphatic hydroxyl groups is 2. The van der Waals surface area contributed by atoms with Crippen molar-refractivity contribution in [3.8, 4) is 0 Å². The quantitative estimate of drug-likeness (QED) is 0.558. The minimum atomic E-state index is -0.660. The normalized spacial score (nSPS) is 41.6. The highest BCUT2D eigenvalue weighted by atomic mass is 16.6. The number of ether oxygens (including phenoxy) is 1. The standard InChI is InChI=1S/C15H22O4/c1-9-4-3-5-11(8-16)7-12(17)14-10(2)15(18)19-13(14)6-9/h5-6,10,12-14,16-17H,3-4,7-8H2,1-2H3/b9-6+,11-5-/t10-,12+,13+,14+/m0/s1. The smallest absolute Gasteiger partial charge is 0.309 e. The number of hydrogen-bond donors (Lipinski definition) is 2. The molecule has 1 heterocycles. The van der Waals surface area contributed by atoms with Crippen LogP contribution in [-0.4, -0.2) is 35.0 Å². The first-order valence-electron chi connectivity index (χ1n) is 6.87. The first-order valence-corrected chi connectivity index (χ1v) is 6.87. The summed E-state index contributed by atoms with van der Waals surface area (Å²) >= 11 is 0. The Balaban J connectivity index is 2.29. The molecular weight excluding hydrogens is 244 g/mol. The summed E-state index contributed by atoms with van der Waals surface area (Å²) in [6, 6.07) is 0. The zero-order chi connectivity index (χ0) is 14.0. The third-order valence-corrected chi connectivity index (χ3v) is 4.12. The van der Waals surface area contributed by atoms with Gasteiger partial charge in [0.25, 0.3) is 0 Å². The topological polar surface area (TPSA) is 66.8 Å².